The molecule has 4 N–H and O–H groups in total. The fourth-order valence-corrected chi connectivity index (χ4v) is 5.42. The van der Waals surface area contributed by atoms with Gasteiger partial charge in [-0.05, 0) is 36.4 Å². The molecule has 11 nitrogen and oxygen atoms in total. The Morgan fingerprint density at radius 3 is 2.67 bits per heavy atom. The third kappa shape index (κ3) is 4.76. The topological polar surface area (TPSA) is 140 Å². The predicted octanol–water partition coefficient (Wildman–Crippen LogP) is 0.937. The number of carbonyl (C=O) groups is 1. The lowest BCUT2D eigenvalue weighted by Gasteiger charge is -2.44. The molecule has 12 heteroatoms. The smallest absolute Gasteiger partial charge is 0.254 e. The van der Waals surface area contributed by atoms with E-state index in [4.69, 9.17) is 4.74 Å². The fourth-order valence-electron chi connectivity index (χ4n) is 5.42. The van der Waals surface area contributed by atoms with Crippen LogP contribution in [0.25, 0.3) is 22.2 Å². The van der Waals surface area contributed by atoms with Crippen molar-refractivity contribution in [1.82, 2.24) is 24.9 Å². The van der Waals surface area contributed by atoms with Crippen LogP contribution in [-0.2, 0) is 9.53 Å². The number of amides is 1. The minimum Gasteiger partial charge on any atom is -0.394 e. The van der Waals surface area contributed by atoms with E-state index in [1.807, 2.05) is 24.4 Å². The van der Waals surface area contributed by atoms with Crippen LogP contribution in [0.15, 0.2) is 60.9 Å². The molecular weight excluding hydrogens is 507 g/mol. The zero-order valence-electron chi connectivity index (χ0n) is 21.0. The van der Waals surface area contributed by atoms with Gasteiger partial charge in [0.15, 0.2) is 6.10 Å². The lowest BCUT2D eigenvalue weighted by Crippen LogP contribution is -2.62. The number of aromatic amines is 1. The van der Waals surface area contributed by atoms with Gasteiger partial charge in [0.1, 0.15) is 35.9 Å². The van der Waals surface area contributed by atoms with Gasteiger partial charge in [-0.1, -0.05) is 17.3 Å². The molecule has 2 saturated heterocycles. The second-order valence-electron chi connectivity index (χ2n) is 9.91. The molecule has 4 aromatic rings. The van der Waals surface area contributed by atoms with Crippen LogP contribution < -0.4 is 4.90 Å². The first kappa shape index (κ1) is 25.4. The number of nitrogens with one attached hydrogen (secondary N) is 1. The van der Waals surface area contributed by atoms with Crippen LogP contribution in [0.2, 0.25) is 0 Å². The summed E-state index contributed by atoms with van der Waals surface area (Å²) < 4.78 is 20.7. The van der Waals surface area contributed by atoms with E-state index in [1.54, 1.807) is 11.0 Å². The monoisotopic (exact) mass is 536 g/mol. The lowest BCUT2D eigenvalue weighted by molar-refractivity contribution is -0.211. The molecule has 6 rings (SSSR count). The van der Waals surface area contributed by atoms with Crippen LogP contribution in [0.1, 0.15) is 6.04 Å². The second-order valence-corrected chi connectivity index (χ2v) is 9.91. The first-order valence-electron chi connectivity index (χ1n) is 12.8. The molecule has 5 atom stereocenters. The molecule has 1 amide bonds. The van der Waals surface area contributed by atoms with Crippen molar-refractivity contribution < 1.29 is 29.2 Å². The molecule has 0 spiro atoms. The number of aromatic nitrogens is 4. The maximum absolute atomic E-state index is 13.7. The van der Waals surface area contributed by atoms with E-state index >= 15 is 0 Å². The van der Waals surface area contributed by atoms with E-state index in [9.17, 15) is 24.5 Å². The van der Waals surface area contributed by atoms with E-state index < -0.39 is 48.8 Å². The normalized spacial score (nSPS) is 25.8. The molecule has 2 aromatic carbocycles. The van der Waals surface area contributed by atoms with E-state index in [0.29, 0.717) is 37.4 Å². The molecule has 4 heterocycles. The summed E-state index contributed by atoms with van der Waals surface area (Å²) in [6.45, 7) is 1.47. The van der Waals surface area contributed by atoms with Crippen molar-refractivity contribution in [2.24, 2.45) is 0 Å². The number of piperazine rings is 1. The largest absolute Gasteiger partial charge is 0.394 e. The highest BCUT2D eigenvalue weighted by Gasteiger charge is 2.49. The van der Waals surface area contributed by atoms with Gasteiger partial charge in [0.2, 0.25) is 0 Å². The van der Waals surface area contributed by atoms with Gasteiger partial charge < -0.3 is 34.8 Å². The molecule has 0 unspecified atom stereocenters. The summed E-state index contributed by atoms with van der Waals surface area (Å²) >= 11 is 0. The number of anilines is 1. The number of halogens is 1. The Hall–Kier alpha value is -3.84. The van der Waals surface area contributed by atoms with E-state index in [2.05, 4.69) is 26.3 Å². The summed E-state index contributed by atoms with van der Waals surface area (Å²) in [6.07, 6.45) is -1.91. The molecule has 2 aliphatic rings. The van der Waals surface area contributed by atoms with Crippen molar-refractivity contribution in [3.05, 3.63) is 66.7 Å². The molecule has 39 heavy (non-hydrogen) atoms. The molecule has 2 fully saturated rings. The molecule has 0 aliphatic carbocycles. The molecule has 0 bridgehead atoms. The van der Waals surface area contributed by atoms with Gasteiger partial charge in [-0.3, -0.25) is 4.79 Å². The fraction of sp³-hybridized carbons (Fsp3) is 0.370. The average molecular weight is 537 g/mol. The summed E-state index contributed by atoms with van der Waals surface area (Å²) in [5.41, 5.74) is 2.92. The van der Waals surface area contributed by atoms with Crippen LogP contribution in [0, 0.1) is 5.82 Å². The van der Waals surface area contributed by atoms with Crippen LogP contribution in [0.3, 0.4) is 0 Å². The minimum absolute atomic E-state index is 0.331. The third-order valence-electron chi connectivity index (χ3n) is 7.57. The maximum atomic E-state index is 13.7. The average Bonchev–Trinajstić information content (AvgIpc) is 3.63. The van der Waals surface area contributed by atoms with Crippen molar-refractivity contribution in [2.75, 3.05) is 37.7 Å². The number of carbonyl (C=O) groups excluding carboxylic acids is 1. The number of nitrogens with zero attached hydrogens (tertiary/aromatic N) is 5. The first-order valence-corrected chi connectivity index (χ1v) is 12.8. The SMILES string of the molecule is O=C([C@@H]1O[C@H](CO)[C@H](O)[C@H](n2cc(-c3cccc(F)c3)nn2)[C@H]1O)N1CCN(c2ccc3[nH]ccc3c2)CC1. The van der Waals surface area contributed by atoms with Gasteiger partial charge in [0, 0.05) is 54.5 Å². The highest BCUT2D eigenvalue weighted by Crippen LogP contribution is 2.32. The zero-order valence-corrected chi connectivity index (χ0v) is 21.0. The number of H-pyrrole nitrogens is 1. The van der Waals surface area contributed by atoms with Crippen molar-refractivity contribution >= 4 is 22.5 Å². The summed E-state index contributed by atoms with van der Waals surface area (Å²) in [5.74, 6) is -0.867. The Bertz CT molecular complexity index is 1470. The Morgan fingerprint density at radius 1 is 1.08 bits per heavy atom. The van der Waals surface area contributed by atoms with E-state index in [1.165, 1.54) is 29.1 Å². The lowest BCUT2D eigenvalue weighted by atomic mass is 9.91. The number of rotatable bonds is 5. The van der Waals surface area contributed by atoms with Crippen LogP contribution >= 0.6 is 0 Å². The highest BCUT2D eigenvalue weighted by atomic mass is 19.1. The van der Waals surface area contributed by atoms with Gasteiger partial charge in [-0.15, -0.1) is 5.10 Å². The minimum atomic E-state index is -1.47. The number of benzene rings is 2. The molecule has 2 aromatic heterocycles. The molecular formula is C27H29FN6O5. The van der Waals surface area contributed by atoms with Crippen molar-refractivity contribution in [2.45, 2.75) is 30.5 Å². The van der Waals surface area contributed by atoms with Gasteiger partial charge >= 0.3 is 0 Å². The molecule has 0 saturated carbocycles. The van der Waals surface area contributed by atoms with Gasteiger partial charge in [0.25, 0.3) is 5.91 Å². The summed E-state index contributed by atoms with van der Waals surface area (Å²) in [4.78, 5) is 20.5. The van der Waals surface area contributed by atoms with Crippen molar-refractivity contribution in [3.8, 4) is 11.3 Å². The van der Waals surface area contributed by atoms with Crippen LogP contribution in [0.4, 0.5) is 10.1 Å². The number of aliphatic hydroxyl groups is 3. The quantitative estimate of drug-likeness (QED) is 0.296. The molecule has 204 valence electrons. The summed E-state index contributed by atoms with van der Waals surface area (Å²) in [7, 11) is 0. The third-order valence-corrected chi connectivity index (χ3v) is 7.57. The van der Waals surface area contributed by atoms with Crippen LogP contribution in [0.5, 0.6) is 0 Å². The van der Waals surface area contributed by atoms with Gasteiger partial charge in [0.05, 0.1) is 12.8 Å². The summed E-state index contributed by atoms with van der Waals surface area (Å²) in [5, 5.41) is 41.2. The van der Waals surface area contributed by atoms with Crippen molar-refractivity contribution in [1.29, 1.82) is 0 Å². The Kier molecular flexibility index (Phi) is 6.77. The molecule has 0 radical (unpaired) electrons. The second kappa shape index (κ2) is 10.4. The maximum Gasteiger partial charge on any atom is 0.254 e. The van der Waals surface area contributed by atoms with E-state index in [0.717, 1.165) is 16.6 Å². The Balaban J connectivity index is 1.18. The number of fused-ring (bicyclic) bond motifs is 1. The Morgan fingerprint density at radius 2 is 1.90 bits per heavy atom. The van der Waals surface area contributed by atoms with Crippen LogP contribution in [-0.4, -0.2) is 103 Å². The standard InChI is InChI=1S/C27H29FN6O5/c28-18-3-1-2-16(12-18)21-14-34(31-30-21)23-24(36)22(15-35)39-26(25(23)37)27(38)33-10-8-32(9-11-33)19-4-5-20-17(13-19)6-7-29-20/h1-7,12-14,22-26,29,35-37H,8-11,15H2/t22-,23+,24+,25-,26-/m1/s1. The highest BCUT2D eigenvalue weighted by molar-refractivity contribution is 5.84. The predicted molar refractivity (Wildman–Crippen MR) is 139 cm³/mol. The van der Waals surface area contributed by atoms with E-state index in [-0.39, 0.29) is 0 Å². The summed E-state index contributed by atoms with van der Waals surface area (Å²) in [6, 6.07) is 12.9. The number of hydrogen-bond acceptors (Lipinski definition) is 8. The molecule has 2 aliphatic heterocycles. The number of hydrogen-bond donors (Lipinski definition) is 4. The van der Waals surface area contributed by atoms with Gasteiger partial charge in [-0.25, -0.2) is 9.07 Å². The van der Waals surface area contributed by atoms with Crippen molar-refractivity contribution in [3.63, 3.8) is 0 Å². The number of ether oxygens (including phenoxy) is 1. The first-order chi connectivity index (χ1) is 18.9. The number of aliphatic hydroxyl groups excluding tert-OH is 3. The van der Waals surface area contributed by atoms with Gasteiger partial charge in [-0.2, -0.15) is 0 Å². The Labute approximate surface area is 223 Å². The zero-order chi connectivity index (χ0) is 27.1.